The predicted octanol–water partition coefficient (Wildman–Crippen LogP) is 2.65. The number of anilines is 1. The minimum Gasteiger partial charge on any atom is -0.341 e. The molecule has 1 saturated carbocycles. The zero-order valence-corrected chi connectivity index (χ0v) is 12.6. The molecule has 1 aromatic heterocycles. The fraction of sp³-hybridized carbons (Fsp3) is 0.733. The normalized spacial score (nSPS) is 19.4. The third-order valence-electron chi connectivity index (χ3n) is 4.28. The lowest BCUT2D eigenvalue weighted by Crippen LogP contribution is -2.38. The van der Waals surface area contributed by atoms with Gasteiger partial charge in [-0.1, -0.05) is 13.8 Å². The Kier molecular flexibility index (Phi) is 4.09. The van der Waals surface area contributed by atoms with Gasteiger partial charge < -0.3 is 10.6 Å². The lowest BCUT2D eigenvalue weighted by molar-refractivity contribution is 0.222. The second-order valence-corrected chi connectivity index (χ2v) is 6.51. The molecule has 0 spiro atoms. The first-order valence-electron chi connectivity index (χ1n) is 7.19. The van der Waals surface area contributed by atoms with Crippen LogP contribution in [0.5, 0.6) is 0 Å². The Hall–Kier alpha value is -1.16. The van der Waals surface area contributed by atoms with Crippen molar-refractivity contribution in [1.82, 2.24) is 9.97 Å². The Morgan fingerprint density at radius 2 is 1.95 bits per heavy atom. The van der Waals surface area contributed by atoms with Gasteiger partial charge in [-0.2, -0.15) is 0 Å². The standard InChI is InChI=1S/C15H26N4/c1-11-9-12(10-16)18-14(17-11)19(4)13-5-7-15(2,3)8-6-13/h9,13H,5-8,10,16H2,1-4H3. The van der Waals surface area contributed by atoms with Crippen LogP contribution >= 0.6 is 0 Å². The van der Waals surface area contributed by atoms with E-state index in [2.05, 4.69) is 35.8 Å². The summed E-state index contributed by atoms with van der Waals surface area (Å²) in [6.45, 7) is 7.20. The summed E-state index contributed by atoms with van der Waals surface area (Å²) in [5.41, 5.74) is 8.10. The summed E-state index contributed by atoms with van der Waals surface area (Å²) in [6.07, 6.45) is 4.99. The van der Waals surface area contributed by atoms with Crippen LogP contribution < -0.4 is 10.6 Å². The van der Waals surface area contributed by atoms with Crippen LogP contribution in [0.1, 0.15) is 50.9 Å². The van der Waals surface area contributed by atoms with Crippen molar-refractivity contribution >= 4 is 5.95 Å². The maximum absolute atomic E-state index is 5.69. The van der Waals surface area contributed by atoms with E-state index in [-0.39, 0.29) is 0 Å². The zero-order chi connectivity index (χ0) is 14.0. The number of hydrogen-bond acceptors (Lipinski definition) is 4. The summed E-state index contributed by atoms with van der Waals surface area (Å²) < 4.78 is 0. The van der Waals surface area contributed by atoms with Gasteiger partial charge in [-0.25, -0.2) is 9.97 Å². The molecule has 2 rings (SSSR count). The van der Waals surface area contributed by atoms with Crippen molar-refractivity contribution < 1.29 is 0 Å². The van der Waals surface area contributed by atoms with Gasteiger partial charge >= 0.3 is 0 Å². The Balaban J connectivity index is 2.11. The molecule has 4 heteroatoms. The molecule has 0 saturated heterocycles. The van der Waals surface area contributed by atoms with E-state index in [1.54, 1.807) is 0 Å². The highest BCUT2D eigenvalue weighted by molar-refractivity contribution is 5.33. The molecular formula is C15H26N4. The first-order chi connectivity index (χ1) is 8.91. The number of rotatable bonds is 3. The number of nitrogens with zero attached hydrogens (tertiary/aromatic N) is 3. The van der Waals surface area contributed by atoms with Crippen molar-refractivity contribution in [3.05, 3.63) is 17.5 Å². The summed E-state index contributed by atoms with van der Waals surface area (Å²) >= 11 is 0. The number of hydrogen-bond donors (Lipinski definition) is 1. The van der Waals surface area contributed by atoms with Gasteiger partial charge in [0.05, 0.1) is 5.69 Å². The molecule has 1 aliphatic rings. The smallest absolute Gasteiger partial charge is 0.225 e. The molecule has 1 heterocycles. The molecule has 1 aromatic rings. The third-order valence-corrected chi connectivity index (χ3v) is 4.28. The fourth-order valence-corrected chi connectivity index (χ4v) is 2.81. The van der Waals surface area contributed by atoms with Gasteiger partial charge in [-0.05, 0) is 44.1 Å². The molecule has 1 fully saturated rings. The summed E-state index contributed by atoms with van der Waals surface area (Å²) in [6, 6.07) is 2.52. The Morgan fingerprint density at radius 1 is 1.32 bits per heavy atom. The van der Waals surface area contributed by atoms with Crippen LogP contribution in [0.4, 0.5) is 5.95 Å². The average Bonchev–Trinajstić information content (AvgIpc) is 2.37. The Labute approximate surface area is 116 Å². The molecule has 0 amide bonds. The van der Waals surface area contributed by atoms with E-state index in [1.807, 2.05) is 13.0 Å². The van der Waals surface area contributed by atoms with Crippen molar-refractivity contribution in [2.45, 2.75) is 59.0 Å². The number of nitrogens with two attached hydrogens (primary N) is 1. The lowest BCUT2D eigenvalue weighted by Gasteiger charge is -2.38. The fourth-order valence-electron chi connectivity index (χ4n) is 2.81. The second-order valence-electron chi connectivity index (χ2n) is 6.51. The molecule has 2 N–H and O–H groups in total. The molecule has 0 aliphatic heterocycles. The SMILES string of the molecule is Cc1cc(CN)nc(N(C)C2CCC(C)(C)CC2)n1. The van der Waals surface area contributed by atoms with Gasteiger partial charge in [0.1, 0.15) is 0 Å². The Morgan fingerprint density at radius 3 is 2.53 bits per heavy atom. The molecule has 0 radical (unpaired) electrons. The van der Waals surface area contributed by atoms with Gasteiger partial charge in [0.15, 0.2) is 0 Å². The first-order valence-corrected chi connectivity index (χ1v) is 7.19. The first kappa shape index (κ1) is 14.3. The van der Waals surface area contributed by atoms with Crippen molar-refractivity contribution in [1.29, 1.82) is 0 Å². The van der Waals surface area contributed by atoms with E-state index < -0.39 is 0 Å². The van der Waals surface area contributed by atoms with E-state index in [0.29, 0.717) is 18.0 Å². The third kappa shape index (κ3) is 3.44. The number of aryl methyl sites for hydroxylation is 1. The zero-order valence-electron chi connectivity index (χ0n) is 12.6. The second kappa shape index (κ2) is 5.45. The highest BCUT2D eigenvalue weighted by atomic mass is 15.3. The van der Waals surface area contributed by atoms with Crippen LogP contribution in [0.25, 0.3) is 0 Å². The van der Waals surface area contributed by atoms with E-state index in [0.717, 1.165) is 17.3 Å². The largest absolute Gasteiger partial charge is 0.341 e. The minimum absolute atomic E-state index is 0.474. The van der Waals surface area contributed by atoms with Gasteiger partial charge in [-0.15, -0.1) is 0 Å². The van der Waals surface area contributed by atoms with Crippen molar-refractivity contribution in [3.8, 4) is 0 Å². The van der Waals surface area contributed by atoms with Crippen LogP contribution in [-0.4, -0.2) is 23.1 Å². The van der Waals surface area contributed by atoms with Crippen LogP contribution in [0.2, 0.25) is 0 Å². The van der Waals surface area contributed by atoms with Gasteiger partial charge in [-0.3, -0.25) is 0 Å². The molecule has 19 heavy (non-hydrogen) atoms. The van der Waals surface area contributed by atoms with Crippen molar-refractivity contribution in [3.63, 3.8) is 0 Å². The molecule has 1 aliphatic carbocycles. The summed E-state index contributed by atoms with van der Waals surface area (Å²) in [5, 5.41) is 0. The average molecular weight is 262 g/mol. The monoisotopic (exact) mass is 262 g/mol. The van der Waals surface area contributed by atoms with Crippen molar-refractivity contribution in [2.24, 2.45) is 11.1 Å². The topological polar surface area (TPSA) is 55.0 Å². The van der Waals surface area contributed by atoms with E-state index in [1.165, 1.54) is 25.7 Å². The Bertz CT molecular complexity index is 432. The molecule has 0 aromatic carbocycles. The molecule has 106 valence electrons. The molecule has 4 nitrogen and oxygen atoms in total. The van der Waals surface area contributed by atoms with Gasteiger partial charge in [0, 0.05) is 25.3 Å². The van der Waals surface area contributed by atoms with Crippen LogP contribution in [0, 0.1) is 12.3 Å². The highest BCUT2D eigenvalue weighted by Crippen LogP contribution is 2.37. The molecule has 0 unspecified atom stereocenters. The van der Waals surface area contributed by atoms with Crippen LogP contribution in [-0.2, 0) is 6.54 Å². The maximum Gasteiger partial charge on any atom is 0.225 e. The predicted molar refractivity (Wildman–Crippen MR) is 79.1 cm³/mol. The van der Waals surface area contributed by atoms with E-state index >= 15 is 0 Å². The van der Waals surface area contributed by atoms with Gasteiger partial charge in [0.2, 0.25) is 5.95 Å². The van der Waals surface area contributed by atoms with E-state index in [4.69, 9.17) is 5.73 Å². The van der Waals surface area contributed by atoms with Gasteiger partial charge in [0.25, 0.3) is 0 Å². The molecule has 0 bridgehead atoms. The van der Waals surface area contributed by atoms with Crippen molar-refractivity contribution in [2.75, 3.05) is 11.9 Å². The quantitative estimate of drug-likeness (QED) is 0.910. The molecule has 0 atom stereocenters. The highest BCUT2D eigenvalue weighted by Gasteiger charge is 2.29. The van der Waals surface area contributed by atoms with E-state index in [9.17, 15) is 0 Å². The summed E-state index contributed by atoms with van der Waals surface area (Å²) in [4.78, 5) is 11.3. The maximum atomic E-state index is 5.69. The number of aromatic nitrogens is 2. The lowest BCUT2D eigenvalue weighted by atomic mass is 9.75. The summed E-state index contributed by atoms with van der Waals surface area (Å²) in [7, 11) is 2.11. The minimum atomic E-state index is 0.474. The molecular weight excluding hydrogens is 236 g/mol. The summed E-state index contributed by atoms with van der Waals surface area (Å²) in [5.74, 6) is 0.824. The van der Waals surface area contributed by atoms with Crippen LogP contribution in [0.15, 0.2) is 6.07 Å². The van der Waals surface area contributed by atoms with Crippen LogP contribution in [0.3, 0.4) is 0 Å².